The van der Waals surface area contributed by atoms with Gasteiger partial charge in [0.05, 0.1) is 26.4 Å². The summed E-state index contributed by atoms with van der Waals surface area (Å²) in [6.45, 7) is 2.18. The van der Waals surface area contributed by atoms with Gasteiger partial charge in [0.25, 0.3) is 5.91 Å². The Morgan fingerprint density at radius 1 is 0.971 bits per heavy atom. The summed E-state index contributed by atoms with van der Waals surface area (Å²) in [5.41, 5.74) is 1.69. The molecule has 2 N–H and O–H groups in total. The zero-order chi connectivity index (χ0) is 24.7. The number of ether oxygens (including phenoxy) is 4. The molecule has 1 saturated heterocycles. The number of carbonyl (C=O) groups excluding carboxylic acids is 1. The molecule has 9 nitrogen and oxygen atoms in total. The van der Waals surface area contributed by atoms with E-state index in [2.05, 4.69) is 4.90 Å². The van der Waals surface area contributed by atoms with Gasteiger partial charge in [-0.2, -0.15) is 0 Å². The van der Waals surface area contributed by atoms with Gasteiger partial charge in [0.2, 0.25) is 6.79 Å². The van der Waals surface area contributed by atoms with Crippen LogP contribution >= 0.6 is 0 Å². The van der Waals surface area contributed by atoms with Gasteiger partial charge in [0, 0.05) is 42.7 Å². The van der Waals surface area contributed by atoms with Crippen LogP contribution in [0.15, 0.2) is 30.3 Å². The molecule has 184 valence electrons. The maximum Gasteiger partial charge on any atom is 0.255 e. The molecule has 2 aliphatic heterocycles. The quantitative estimate of drug-likeness (QED) is 0.575. The maximum atomic E-state index is 14.0. The van der Waals surface area contributed by atoms with Gasteiger partial charge in [-0.15, -0.1) is 0 Å². The van der Waals surface area contributed by atoms with Crippen LogP contribution in [-0.4, -0.2) is 80.2 Å². The Labute approximate surface area is 203 Å². The summed E-state index contributed by atoms with van der Waals surface area (Å²) in [5, 5.41) is 22.6. The second-order valence-corrected chi connectivity index (χ2v) is 8.65. The normalized spacial score (nSPS) is 15.5. The third-order valence-corrected chi connectivity index (χ3v) is 6.71. The predicted octanol–water partition coefficient (Wildman–Crippen LogP) is 2.84. The van der Waals surface area contributed by atoms with Gasteiger partial charge in [-0.3, -0.25) is 4.79 Å². The van der Waals surface area contributed by atoms with Gasteiger partial charge in [-0.05, 0) is 42.3 Å². The zero-order valence-electron chi connectivity index (χ0n) is 20.0. The Kier molecular flexibility index (Phi) is 6.04. The number of piperazine rings is 1. The molecule has 0 aromatic heterocycles. The summed E-state index contributed by atoms with van der Waals surface area (Å²) in [5.74, 6) is 1.65. The van der Waals surface area contributed by atoms with E-state index in [4.69, 9.17) is 18.9 Å². The molecule has 2 aliphatic rings. The number of phenols is 1. The van der Waals surface area contributed by atoms with Crippen LogP contribution in [-0.2, 0) is 6.61 Å². The summed E-state index contributed by atoms with van der Waals surface area (Å²) in [7, 11) is 5.06. The van der Waals surface area contributed by atoms with E-state index in [9.17, 15) is 15.0 Å². The predicted molar refractivity (Wildman–Crippen MR) is 130 cm³/mol. The number of carbonyl (C=O) groups is 1. The first kappa shape index (κ1) is 23.1. The van der Waals surface area contributed by atoms with Crippen LogP contribution in [0.4, 0.5) is 0 Å². The minimum Gasteiger partial charge on any atom is -0.507 e. The molecule has 0 aliphatic carbocycles. The number of benzene rings is 3. The van der Waals surface area contributed by atoms with Crippen LogP contribution < -0.4 is 18.9 Å². The van der Waals surface area contributed by atoms with E-state index in [-0.39, 0.29) is 29.6 Å². The fourth-order valence-electron chi connectivity index (χ4n) is 4.76. The molecule has 9 heteroatoms. The molecule has 35 heavy (non-hydrogen) atoms. The first-order valence-corrected chi connectivity index (χ1v) is 11.4. The minimum atomic E-state index is -0.511. The van der Waals surface area contributed by atoms with E-state index >= 15 is 0 Å². The first-order valence-electron chi connectivity index (χ1n) is 11.4. The van der Waals surface area contributed by atoms with E-state index in [1.54, 1.807) is 23.1 Å². The van der Waals surface area contributed by atoms with E-state index in [1.807, 2.05) is 19.2 Å². The number of rotatable bonds is 5. The highest BCUT2D eigenvalue weighted by molar-refractivity contribution is 6.14. The molecule has 5 rings (SSSR count). The fraction of sp³-hybridized carbons (Fsp3) is 0.346. The van der Waals surface area contributed by atoms with E-state index in [0.717, 1.165) is 13.1 Å². The topological polar surface area (TPSA) is 101 Å². The third-order valence-electron chi connectivity index (χ3n) is 6.71. The van der Waals surface area contributed by atoms with Crippen molar-refractivity contribution in [3.63, 3.8) is 0 Å². The van der Waals surface area contributed by atoms with Crippen molar-refractivity contribution in [3.8, 4) is 39.9 Å². The molecule has 1 amide bonds. The fourth-order valence-corrected chi connectivity index (χ4v) is 4.76. The maximum absolute atomic E-state index is 14.0. The molecule has 1 fully saturated rings. The van der Waals surface area contributed by atoms with Gasteiger partial charge in [-0.1, -0.05) is 6.07 Å². The summed E-state index contributed by atoms with van der Waals surface area (Å²) in [6.07, 6.45) is 0. The van der Waals surface area contributed by atoms with Crippen LogP contribution in [0.1, 0.15) is 15.9 Å². The van der Waals surface area contributed by atoms with Crippen molar-refractivity contribution in [2.75, 3.05) is 54.2 Å². The molecule has 0 saturated carbocycles. The number of aromatic hydroxyl groups is 1. The number of likely N-dealkylation sites (N-methyl/N-ethyl adjacent to an activating group) is 1. The number of hydrogen-bond acceptors (Lipinski definition) is 8. The van der Waals surface area contributed by atoms with Crippen molar-refractivity contribution in [2.45, 2.75) is 6.61 Å². The SMILES string of the molecule is COc1cc2c(O)c(CO)c(C(=O)N3CCN(C)CC3)c(-c3ccc4c(c3)OCO4)c2cc1OC. The second-order valence-electron chi connectivity index (χ2n) is 8.65. The molecule has 0 spiro atoms. The van der Waals surface area contributed by atoms with Crippen molar-refractivity contribution >= 4 is 16.7 Å². The molecule has 0 atom stereocenters. The summed E-state index contributed by atoms with van der Waals surface area (Å²) in [6, 6.07) is 8.85. The number of fused-ring (bicyclic) bond motifs is 2. The number of aliphatic hydroxyl groups excluding tert-OH is 1. The number of methoxy groups -OCH3 is 2. The van der Waals surface area contributed by atoms with Crippen LogP contribution in [0.2, 0.25) is 0 Å². The lowest BCUT2D eigenvalue weighted by Crippen LogP contribution is -2.47. The lowest BCUT2D eigenvalue weighted by Gasteiger charge is -2.33. The lowest BCUT2D eigenvalue weighted by atomic mass is 9.87. The van der Waals surface area contributed by atoms with Crippen molar-refractivity contribution in [1.82, 2.24) is 9.80 Å². The Morgan fingerprint density at radius 3 is 2.29 bits per heavy atom. The van der Waals surface area contributed by atoms with E-state index in [1.165, 1.54) is 14.2 Å². The van der Waals surface area contributed by atoms with Crippen molar-refractivity contribution in [2.24, 2.45) is 0 Å². The molecule has 3 aromatic carbocycles. The number of aliphatic hydroxyl groups is 1. The van der Waals surface area contributed by atoms with Crippen LogP contribution in [0.25, 0.3) is 21.9 Å². The smallest absolute Gasteiger partial charge is 0.255 e. The number of hydrogen-bond donors (Lipinski definition) is 2. The van der Waals surface area contributed by atoms with Gasteiger partial charge in [-0.25, -0.2) is 0 Å². The minimum absolute atomic E-state index is 0.120. The summed E-state index contributed by atoms with van der Waals surface area (Å²) < 4.78 is 22.0. The van der Waals surface area contributed by atoms with E-state index < -0.39 is 6.61 Å². The Balaban J connectivity index is 1.83. The van der Waals surface area contributed by atoms with Crippen LogP contribution in [0.5, 0.6) is 28.7 Å². The van der Waals surface area contributed by atoms with Crippen LogP contribution in [0.3, 0.4) is 0 Å². The Hall–Kier alpha value is -3.69. The molecule has 0 radical (unpaired) electrons. The van der Waals surface area contributed by atoms with E-state index in [0.29, 0.717) is 58.0 Å². The average Bonchev–Trinajstić information content (AvgIpc) is 3.36. The largest absolute Gasteiger partial charge is 0.507 e. The molecular weight excluding hydrogens is 452 g/mol. The lowest BCUT2D eigenvalue weighted by molar-refractivity contribution is 0.0661. The second kappa shape index (κ2) is 9.16. The van der Waals surface area contributed by atoms with Crippen molar-refractivity contribution < 1.29 is 34.0 Å². The Morgan fingerprint density at radius 2 is 1.63 bits per heavy atom. The van der Waals surface area contributed by atoms with Gasteiger partial charge in [0.15, 0.2) is 23.0 Å². The number of nitrogens with zero attached hydrogens (tertiary/aromatic N) is 2. The van der Waals surface area contributed by atoms with Gasteiger partial charge >= 0.3 is 0 Å². The highest BCUT2D eigenvalue weighted by atomic mass is 16.7. The van der Waals surface area contributed by atoms with Crippen molar-refractivity contribution in [1.29, 1.82) is 0 Å². The molecule has 3 aromatic rings. The average molecular weight is 481 g/mol. The molecule has 2 heterocycles. The highest BCUT2D eigenvalue weighted by Gasteiger charge is 2.30. The highest BCUT2D eigenvalue weighted by Crippen LogP contribution is 2.47. The molecular formula is C26H28N2O7. The molecule has 0 bridgehead atoms. The summed E-state index contributed by atoms with van der Waals surface area (Å²) in [4.78, 5) is 17.9. The van der Waals surface area contributed by atoms with Crippen molar-refractivity contribution in [3.05, 3.63) is 41.5 Å². The van der Waals surface area contributed by atoms with Crippen LogP contribution in [0, 0.1) is 0 Å². The number of amides is 1. The Bertz CT molecular complexity index is 1300. The standard InChI is InChI=1S/C26H28N2O7/c1-27-6-8-28(9-7-27)26(31)24-18(13-29)25(30)17-12-21(33-3)20(32-2)11-16(17)23(24)15-4-5-19-22(10-15)35-14-34-19/h4-5,10-12,29-30H,6-9,13-14H2,1-3H3. The first-order chi connectivity index (χ1) is 17.0. The van der Waals surface area contributed by atoms with Gasteiger partial charge < -0.3 is 39.0 Å². The monoisotopic (exact) mass is 480 g/mol. The zero-order valence-corrected chi connectivity index (χ0v) is 20.0. The van der Waals surface area contributed by atoms with Gasteiger partial charge in [0.1, 0.15) is 5.75 Å². The third kappa shape index (κ3) is 3.86. The summed E-state index contributed by atoms with van der Waals surface area (Å²) >= 11 is 0. The molecule has 0 unspecified atom stereocenters.